The van der Waals surface area contributed by atoms with Crippen LogP contribution in [0.25, 0.3) is 0 Å². The van der Waals surface area contributed by atoms with E-state index in [9.17, 15) is 35.9 Å². The van der Waals surface area contributed by atoms with Crippen molar-refractivity contribution in [3.05, 3.63) is 34.9 Å². The van der Waals surface area contributed by atoms with Gasteiger partial charge in [0.2, 0.25) is 6.41 Å². The molecule has 0 heterocycles. The summed E-state index contributed by atoms with van der Waals surface area (Å²) in [4.78, 5) is 21.9. The number of nitrogens with one attached hydrogen (secondary N) is 1. The van der Waals surface area contributed by atoms with E-state index in [0.29, 0.717) is 12.1 Å². The van der Waals surface area contributed by atoms with E-state index < -0.39 is 40.9 Å². The van der Waals surface area contributed by atoms with Crippen molar-refractivity contribution in [2.24, 2.45) is 0 Å². The second-order valence-corrected chi connectivity index (χ2v) is 4.17. The normalized spacial score (nSPS) is 13.7. The zero-order chi connectivity index (χ0) is 16.4. The maximum atomic E-state index is 12.6. The molecule has 0 aromatic heterocycles. The first kappa shape index (κ1) is 17.0. The molecule has 21 heavy (non-hydrogen) atoms. The number of alkyl halides is 6. The predicted molar refractivity (Wildman–Crippen MR) is 59.4 cm³/mol. The van der Waals surface area contributed by atoms with Crippen LogP contribution >= 0.6 is 0 Å². The molecule has 0 aliphatic heterocycles. The van der Waals surface area contributed by atoms with Gasteiger partial charge in [-0.05, 0) is 25.1 Å². The van der Waals surface area contributed by atoms with E-state index in [4.69, 9.17) is 0 Å². The van der Waals surface area contributed by atoms with Crippen molar-refractivity contribution in [1.82, 2.24) is 5.32 Å². The number of carbonyl (C=O) groups is 2. The monoisotopic (exact) mass is 313 g/mol. The molecule has 0 fully saturated rings. The molecule has 0 radical (unpaired) electrons. The minimum absolute atomic E-state index is 0.0748. The van der Waals surface area contributed by atoms with Gasteiger partial charge in [0.05, 0.1) is 17.2 Å². The molecule has 9 heteroatoms. The fourth-order valence-corrected chi connectivity index (χ4v) is 1.52. The summed E-state index contributed by atoms with van der Waals surface area (Å²) in [6.07, 6.45) is -9.93. The van der Waals surface area contributed by atoms with Crippen LogP contribution in [-0.2, 0) is 17.1 Å². The van der Waals surface area contributed by atoms with Gasteiger partial charge >= 0.3 is 12.4 Å². The third-order valence-electron chi connectivity index (χ3n) is 2.58. The van der Waals surface area contributed by atoms with Crippen molar-refractivity contribution in [2.75, 3.05) is 0 Å². The summed E-state index contributed by atoms with van der Waals surface area (Å²) >= 11 is 0. The zero-order valence-corrected chi connectivity index (χ0v) is 10.5. The smallest absolute Gasteiger partial charge is 0.349 e. The maximum absolute atomic E-state index is 12.6. The van der Waals surface area contributed by atoms with Gasteiger partial charge in [0.25, 0.3) is 0 Å². The van der Waals surface area contributed by atoms with Gasteiger partial charge in [-0.25, -0.2) is 0 Å². The van der Waals surface area contributed by atoms with Crippen LogP contribution in [0.4, 0.5) is 26.3 Å². The van der Waals surface area contributed by atoms with Gasteiger partial charge in [0, 0.05) is 5.56 Å². The number of carbonyl (C=O) groups excluding carboxylic acids is 2. The molecule has 1 rings (SSSR count). The highest BCUT2D eigenvalue weighted by Gasteiger charge is 2.37. The number of Topliss-reactive ketones (excluding diaryl/α,β-unsaturated/α-hetero) is 1. The van der Waals surface area contributed by atoms with Crippen LogP contribution in [-0.4, -0.2) is 18.2 Å². The van der Waals surface area contributed by atoms with E-state index in [-0.39, 0.29) is 12.5 Å². The fraction of sp³-hybridized carbons (Fsp3) is 0.333. The molecule has 1 aromatic rings. The fourth-order valence-electron chi connectivity index (χ4n) is 1.52. The summed E-state index contributed by atoms with van der Waals surface area (Å²) in [7, 11) is 0. The lowest BCUT2D eigenvalue weighted by Crippen LogP contribution is -2.33. The molecule has 1 N–H and O–H groups in total. The van der Waals surface area contributed by atoms with E-state index in [1.807, 2.05) is 5.32 Å². The molecule has 0 aliphatic carbocycles. The number of rotatable bonds is 4. The Morgan fingerprint density at radius 2 is 1.48 bits per heavy atom. The Kier molecular flexibility index (Phi) is 4.65. The number of amides is 1. The third-order valence-corrected chi connectivity index (χ3v) is 2.58. The van der Waals surface area contributed by atoms with E-state index in [0.717, 1.165) is 6.92 Å². The standard InChI is InChI=1S/C12H9F6NO2/c1-6(19-5-20)10(21)7-2-8(11(13,14)15)4-9(3-7)12(16,17)18/h2-6H,1H3,(H,19,20). The summed E-state index contributed by atoms with van der Waals surface area (Å²) in [5.74, 6) is -1.06. The summed E-state index contributed by atoms with van der Waals surface area (Å²) in [5, 5.41) is 1.97. The van der Waals surface area contributed by atoms with Crippen molar-refractivity contribution in [3.8, 4) is 0 Å². The molecule has 1 aromatic carbocycles. The zero-order valence-electron chi connectivity index (χ0n) is 10.5. The number of halogens is 6. The van der Waals surface area contributed by atoms with Crippen molar-refractivity contribution < 1.29 is 35.9 Å². The van der Waals surface area contributed by atoms with Gasteiger partial charge < -0.3 is 5.32 Å². The molecule has 1 amide bonds. The number of benzene rings is 1. The van der Waals surface area contributed by atoms with Crippen LogP contribution in [0.5, 0.6) is 0 Å². The van der Waals surface area contributed by atoms with E-state index in [2.05, 4.69) is 0 Å². The van der Waals surface area contributed by atoms with Crippen molar-refractivity contribution in [3.63, 3.8) is 0 Å². The molecule has 0 saturated carbocycles. The van der Waals surface area contributed by atoms with E-state index in [1.54, 1.807) is 0 Å². The molecule has 1 atom stereocenters. The Labute approximate surface area is 114 Å². The average molecular weight is 313 g/mol. The Balaban J connectivity index is 3.39. The van der Waals surface area contributed by atoms with Gasteiger partial charge in [-0.2, -0.15) is 26.3 Å². The first-order valence-corrected chi connectivity index (χ1v) is 5.50. The lowest BCUT2D eigenvalue weighted by atomic mass is 9.99. The second kappa shape index (κ2) is 5.74. The molecule has 0 spiro atoms. The Bertz CT molecular complexity index is 517. The Morgan fingerprint density at radius 1 is 1.05 bits per heavy atom. The van der Waals surface area contributed by atoms with E-state index in [1.165, 1.54) is 0 Å². The molecule has 116 valence electrons. The maximum Gasteiger partial charge on any atom is 0.416 e. The summed E-state index contributed by atoms with van der Waals surface area (Å²) in [5.41, 5.74) is -3.95. The van der Waals surface area contributed by atoms with Gasteiger partial charge in [0.15, 0.2) is 5.78 Å². The summed E-state index contributed by atoms with van der Waals surface area (Å²) in [6.45, 7) is 1.14. The van der Waals surface area contributed by atoms with Crippen LogP contribution < -0.4 is 5.32 Å². The summed E-state index contributed by atoms with van der Waals surface area (Å²) < 4.78 is 75.6. The molecular weight excluding hydrogens is 304 g/mol. The highest BCUT2D eigenvalue weighted by atomic mass is 19.4. The largest absolute Gasteiger partial charge is 0.416 e. The van der Waals surface area contributed by atoms with Crippen LogP contribution in [0.1, 0.15) is 28.4 Å². The topological polar surface area (TPSA) is 46.2 Å². The van der Waals surface area contributed by atoms with Gasteiger partial charge in [-0.1, -0.05) is 0 Å². The SMILES string of the molecule is CC(NC=O)C(=O)c1cc(C(F)(F)F)cc(C(F)(F)F)c1. The van der Waals surface area contributed by atoms with E-state index >= 15 is 0 Å². The number of hydrogen-bond acceptors (Lipinski definition) is 2. The lowest BCUT2D eigenvalue weighted by Gasteiger charge is -2.15. The Morgan fingerprint density at radius 3 is 1.81 bits per heavy atom. The molecule has 1 unspecified atom stereocenters. The first-order chi connectivity index (χ1) is 9.46. The minimum Gasteiger partial charge on any atom is -0.349 e. The highest BCUT2D eigenvalue weighted by molar-refractivity contribution is 6.01. The number of ketones is 1. The quantitative estimate of drug-likeness (QED) is 0.527. The molecule has 0 aliphatic rings. The van der Waals surface area contributed by atoms with Crippen molar-refractivity contribution in [2.45, 2.75) is 25.3 Å². The third kappa shape index (κ3) is 4.20. The van der Waals surface area contributed by atoms with Gasteiger partial charge in [-0.15, -0.1) is 0 Å². The second-order valence-electron chi connectivity index (χ2n) is 4.17. The van der Waals surface area contributed by atoms with Crippen LogP contribution in [0.15, 0.2) is 18.2 Å². The Hall–Kier alpha value is -2.06. The lowest BCUT2D eigenvalue weighted by molar-refractivity contribution is -0.143. The van der Waals surface area contributed by atoms with Gasteiger partial charge in [0.1, 0.15) is 0 Å². The van der Waals surface area contributed by atoms with Crippen LogP contribution in [0, 0.1) is 0 Å². The molecule has 0 saturated heterocycles. The van der Waals surface area contributed by atoms with Crippen molar-refractivity contribution >= 4 is 12.2 Å². The minimum atomic E-state index is -5.03. The molecule has 0 bridgehead atoms. The van der Waals surface area contributed by atoms with Crippen molar-refractivity contribution in [1.29, 1.82) is 0 Å². The number of hydrogen-bond donors (Lipinski definition) is 1. The average Bonchev–Trinajstić information content (AvgIpc) is 2.35. The molecular formula is C12H9F6NO2. The summed E-state index contributed by atoms with van der Waals surface area (Å²) in [6, 6.07) is -0.678. The highest BCUT2D eigenvalue weighted by Crippen LogP contribution is 2.36. The first-order valence-electron chi connectivity index (χ1n) is 5.50. The predicted octanol–water partition coefficient (Wildman–Crippen LogP) is 3.04. The molecule has 3 nitrogen and oxygen atoms in total. The van der Waals surface area contributed by atoms with Gasteiger partial charge in [-0.3, -0.25) is 9.59 Å². The van der Waals surface area contributed by atoms with Crippen LogP contribution in [0.3, 0.4) is 0 Å². The van der Waals surface area contributed by atoms with Crippen LogP contribution in [0.2, 0.25) is 0 Å².